The van der Waals surface area contributed by atoms with E-state index in [0.717, 1.165) is 24.1 Å². The SMILES string of the molecule is CCN(c1ccccc1)C1(C2CC2)COC(=O)C(CCc2ccc(O)cc2)=C1O. The predicted octanol–water partition coefficient (Wildman–Crippen LogP) is 4.37. The Morgan fingerprint density at radius 2 is 1.72 bits per heavy atom. The van der Waals surface area contributed by atoms with Gasteiger partial charge in [-0.15, -0.1) is 0 Å². The molecular formula is C24H27NO4. The van der Waals surface area contributed by atoms with Crippen molar-refractivity contribution in [3.8, 4) is 5.75 Å². The third-order valence-electron chi connectivity index (χ3n) is 6.08. The number of nitrogens with zero attached hydrogens (tertiary/aromatic N) is 1. The third-order valence-corrected chi connectivity index (χ3v) is 6.08. The van der Waals surface area contributed by atoms with Crippen molar-refractivity contribution in [3.05, 3.63) is 71.5 Å². The minimum atomic E-state index is -0.700. The molecule has 0 saturated heterocycles. The second-order valence-electron chi connectivity index (χ2n) is 7.85. The lowest BCUT2D eigenvalue weighted by Gasteiger charge is -2.47. The number of phenols is 1. The van der Waals surface area contributed by atoms with Gasteiger partial charge in [0.1, 0.15) is 23.7 Å². The number of para-hydroxylation sites is 1. The number of phenolic OH excluding ortho intramolecular Hbond substituents is 1. The standard InChI is InChI=1S/C24H27NO4/c1-2-25(19-6-4-3-5-7-19)24(18-11-12-18)16-29-23(28)21(22(24)27)15-10-17-8-13-20(26)14-9-17/h3-9,13-14,18,26-27H,2,10-12,15-16H2,1H3. The Balaban J connectivity index is 1.69. The van der Waals surface area contributed by atoms with E-state index in [9.17, 15) is 15.0 Å². The zero-order valence-corrected chi connectivity index (χ0v) is 16.7. The van der Waals surface area contributed by atoms with Crippen LogP contribution in [0, 0.1) is 5.92 Å². The highest BCUT2D eigenvalue weighted by molar-refractivity contribution is 5.91. The van der Waals surface area contributed by atoms with E-state index < -0.39 is 11.5 Å². The zero-order valence-electron chi connectivity index (χ0n) is 16.7. The molecule has 0 bridgehead atoms. The number of rotatable bonds is 7. The van der Waals surface area contributed by atoms with Gasteiger partial charge in [-0.25, -0.2) is 4.79 Å². The molecule has 1 aliphatic heterocycles. The maximum Gasteiger partial charge on any atom is 0.337 e. The van der Waals surface area contributed by atoms with Crippen LogP contribution in [0.15, 0.2) is 65.9 Å². The summed E-state index contributed by atoms with van der Waals surface area (Å²) < 4.78 is 5.65. The fourth-order valence-electron chi connectivity index (χ4n) is 4.44. The molecule has 0 amide bonds. The van der Waals surface area contributed by atoms with Crippen LogP contribution in [0.25, 0.3) is 0 Å². The number of benzene rings is 2. The van der Waals surface area contributed by atoms with E-state index in [4.69, 9.17) is 4.74 Å². The summed E-state index contributed by atoms with van der Waals surface area (Å²) in [6.45, 7) is 2.94. The highest BCUT2D eigenvalue weighted by Gasteiger charge is 2.56. The number of aryl methyl sites for hydroxylation is 1. The molecule has 0 spiro atoms. The number of hydrogen-bond donors (Lipinski definition) is 2. The summed E-state index contributed by atoms with van der Waals surface area (Å²) in [6.07, 6.45) is 3.01. The van der Waals surface area contributed by atoms with Gasteiger partial charge in [0.25, 0.3) is 0 Å². The number of ether oxygens (including phenoxy) is 1. The largest absolute Gasteiger partial charge is 0.509 e. The van der Waals surface area contributed by atoms with E-state index in [1.807, 2.05) is 42.5 Å². The Morgan fingerprint density at radius 1 is 1.03 bits per heavy atom. The highest BCUT2D eigenvalue weighted by atomic mass is 16.5. The molecule has 0 aromatic heterocycles. The van der Waals surface area contributed by atoms with E-state index in [2.05, 4.69) is 11.8 Å². The number of aliphatic hydroxyl groups excluding tert-OH is 1. The number of hydrogen-bond acceptors (Lipinski definition) is 5. The molecule has 4 rings (SSSR count). The molecule has 2 aliphatic rings. The maximum atomic E-state index is 12.6. The Kier molecular flexibility index (Phi) is 5.22. The number of aromatic hydroxyl groups is 1. The Hall–Kier alpha value is -2.95. The molecule has 0 radical (unpaired) electrons. The molecule has 2 aromatic rings. The van der Waals surface area contributed by atoms with Crippen molar-refractivity contribution in [2.75, 3.05) is 18.1 Å². The van der Waals surface area contributed by atoms with E-state index in [1.165, 1.54) is 0 Å². The Morgan fingerprint density at radius 3 is 2.34 bits per heavy atom. The first kappa shape index (κ1) is 19.4. The Bertz CT molecular complexity index is 902. The summed E-state index contributed by atoms with van der Waals surface area (Å²) in [5.41, 5.74) is 1.68. The van der Waals surface area contributed by atoms with Crippen LogP contribution in [-0.4, -0.2) is 34.9 Å². The number of carbonyl (C=O) groups is 1. The summed E-state index contributed by atoms with van der Waals surface area (Å²) in [7, 11) is 0. The summed E-state index contributed by atoms with van der Waals surface area (Å²) in [5, 5.41) is 20.9. The molecule has 1 heterocycles. The van der Waals surface area contributed by atoms with Crippen LogP contribution in [0.2, 0.25) is 0 Å². The zero-order chi connectivity index (χ0) is 20.4. The monoisotopic (exact) mass is 393 g/mol. The summed E-state index contributed by atoms with van der Waals surface area (Å²) in [6, 6.07) is 16.9. The van der Waals surface area contributed by atoms with Gasteiger partial charge in [0, 0.05) is 12.2 Å². The van der Waals surface area contributed by atoms with Crippen LogP contribution < -0.4 is 4.90 Å². The second-order valence-corrected chi connectivity index (χ2v) is 7.85. The van der Waals surface area contributed by atoms with Crippen molar-refractivity contribution in [1.29, 1.82) is 0 Å². The van der Waals surface area contributed by atoms with Crippen LogP contribution in [0.1, 0.15) is 31.7 Å². The van der Waals surface area contributed by atoms with E-state index in [-0.39, 0.29) is 24.0 Å². The van der Waals surface area contributed by atoms with Gasteiger partial charge in [-0.3, -0.25) is 0 Å². The number of anilines is 1. The first-order chi connectivity index (χ1) is 14.1. The van der Waals surface area contributed by atoms with Crippen LogP contribution in [0.4, 0.5) is 5.69 Å². The lowest BCUT2D eigenvalue weighted by Crippen LogP contribution is -2.58. The minimum absolute atomic E-state index is 0.167. The first-order valence-electron chi connectivity index (χ1n) is 10.3. The van der Waals surface area contributed by atoms with Gasteiger partial charge >= 0.3 is 5.97 Å². The molecule has 1 saturated carbocycles. The van der Waals surface area contributed by atoms with Gasteiger partial charge in [0.2, 0.25) is 0 Å². The van der Waals surface area contributed by atoms with Gasteiger partial charge < -0.3 is 19.8 Å². The van der Waals surface area contributed by atoms with E-state index in [1.54, 1.807) is 12.1 Å². The molecule has 5 nitrogen and oxygen atoms in total. The fourth-order valence-corrected chi connectivity index (χ4v) is 4.44. The molecule has 29 heavy (non-hydrogen) atoms. The lowest BCUT2D eigenvalue weighted by atomic mass is 9.83. The van der Waals surface area contributed by atoms with Gasteiger partial charge in [-0.1, -0.05) is 30.3 Å². The maximum absolute atomic E-state index is 12.6. The molecule has 1 fully saturated rings. The summed E-state index contributed by atoms with van der Waals surface area (Å²) in [5.74, 6) is 0.212. The number of aliphatic hydroxyl groups is 1. The van der Waals surface area contributed by atoms with Gasteiger partial charge in [-0.05, 0) is 68.4 Å². The van der Waals surface area contributed by atoms with Crippen molar-refractivity contribution in [2.24, 2.45) is 5.92 Å². The lowest BCUT2D eigenvalue weighted by molar-refractivity contribution is -0.144. The Labute approximate surface area is 171 Å². The fraction of sp³-hybridized carbons (Fsp3) is 0.375. The van der Waals surface area contributed by atoms with Crippen LogP contribution in [0.3, 0.4) is 0 Å². The summed E-state index contributed by atoms with van der Waals surface area (Å²) in [4.78, 5) is 14.7. The van der Waals surface area contributed by atoms with Crippen molar-refractivity contribution < 1.29 is 19.7 Å². The highest BCUT2D eigenvalue weighted by Crippen LogP contribution is 2.50. The average Bonchev–Trinajstić information content (AvgIpc) is 3.58. The predicted molar refractivity (Wildman–Crippen MR) is 112 cm³/mol. The van der Waals surface area contributed by atoms with Gasteiger partial charge in [0.15, 0.2) is 0 Å². The second kappa shape index (κ2) is 7.82. The molecule has 152 valence electrons. The molecule has 2 N–H and O–H groups in total. The normalized spacial score (nSPS) is 21.8. The van der Waals surface area contributed by atoms with Crippen molar-refractivity contribution in [2.45, 2.75) is 38.1 Å². The third kappa shape index (κ3) is 3.57. The average molecular weight is 393 g/mol. The number of likely N-dealkylation sites (N-methyl/N-ethyl adjacent to an activating group) is 1. The molecule has 1 aliphatic carbocycles. The summed E-state index contributed by atoms with van der Waals surface area (Å²) >= 11 is 0. The number of cyclic esters (lactones) is 1. The molecular weight excluding hydrogens is 366 g/mol. The topological polar surface area (TPSA) is 70.0 Å². The van der Waals surface area contributed by atoms with Crippen molar-refractivity contribution in [3.63, 3.8) is 0 Å². The molecule has 1 atom stereocenters. The van der Waals surface area contributed by atoms with Crippen molar-refractivity contribution in [1.82, 2.24) is 0 Å². The quantitative estimate of drug-likeness (QED) is 0.684. The van der Waals surface area contributed by atoms with Crippen LogP contribution in [-0.2, 0) is 16.0 Å². The first-order valence-corrected chi connectivity index (χ1v) is 10.3. The number of carbonyl (C=O) groups excluding carboxylic acids is 1. The van der Waals surface area contributed by atoms with E-state index >= 15 is 0 Å². The van der Waals surface area contributed by atoms with Gasteiger partial charge in [-0.2, -0.15) is 0 Å². The molecule has 2 aromatic carbocycles. The smallest absolute Gasteiger partial charge is 0.337 e. The van der Waals surface area contributed by atoms with Gasteiger partial charge in [0.05, 0.1) is 5.57 Å². The van der Waals surface area contributed by atoms with Crippen LogP contribution in [0.5, 0.6) is 5.75 Å². The molecule has 1 unspecified atom stereocenters. The number of esters is 1. The van der Waals surface area contributed by atoms with Crippen molar-refractivity contribution >= 4 is 11.7 Å². The minimum Gasteiger partial charge on any atom is -0.509 e. The molecule has 5 heteroatoms. The van der Waals surface area contributed by atoms with Crippen LogP contribution >= 0.6 is 0 Å². The van der Waals surface area contributed by atoms with E-state index in [0.29, 0.717) is 25.0 Å².